The Morgan fingerprint density at radius 2 is 1.93 bits per heavy atom. The Balaban J connectivity index is 1.90. The van der Waals surface area contributed by atoms with Gasteiger partial charge in [-0.25, -0.2) is 0 Å². The van der Waals surface area contributed by atoms with Gasteiger partial charge in [-0.3, -0.25) is 4.79 Å². The van der Waals surface area contributed by atoms with Crippen LogP contribution in [0.1, 0.15) is 46.5 Å². The lowest BCUT2D eigenvalue weighted by Gasteiger charge is -2.39. The first-order chi connectivity index (χ1) is 7.03. The summed E-state index contributed by atoms with van der Waals surface area (Å²) in [5.74, 6) is 4.36. The van der Waals surface area contributed by atoms with Crippen LogP contribution in [0.5, 0.6) is 0 Å². The number of Topliss-reactive ketones (excluding diaryl/α,β-unsaturated/α-hetero) is 1. The molecule has 0 bridgehead atoms. The van der Waals surface area contributed by atoms with Crippen molar-refractivity contribution in [2.75, 3.05) is 0 Å². The largest absolute Gasteiger partial charge is 0.299 e. The van der Waals surface area contributed by atoms with Crippen LogP contribution in [0.3, 0.4) is 0 Å². The Morgan fingerprint density at radius 3 is 2.67 bits per heavy atom. The normalized spacial score (nSPS) is 51.9. The molecule has 0 N–H and O–H groups in total. The van der Waals surface area contributed by atoms with Gasteiger partial charge in [0.15, 0.2) is 0 Å². The van der Waals surface area contributed by atoms with Crippen molar-refractivity contribution in [2.45, 2.75) is 46.5 Å². The maximum atomic E-state index is 11.9. The molecular weight excluding hydrogens is 184 g/mol. The van der Waals surface area contributed by atoms with Gasteiger partial charge in [0.25, 0.3) is 0 Å². The van der Waals surface area contributed by atoms with Gasteiger partial charge >= 0.3 is 0 Å². The topological polar surface area (TPSA) is 17.1 Å². The molecule has 0 saturated heterocycles. The Labute approximate surface area is 92.6 Å². The van der Waals surface area contributed by atoms with Crippen LogP contribution in [0.4, 0.5) is 0 Å². The molecule has 0 spiro atoms. The Hall–Kier alpha value is -0.330. The van der Waals surface area contributed by atoms with E-state index in [1.165, 1.54) is 12.8 Å². The van der Waals surface area contributed by atoms with E-state index in [1.807, 2.05) is 0 Å². The maximum absolute atomic E-state index is 11.9. The Bertz CT molecular complexity index is 304. The minimum Gasteiger partial charge on any atom is -0.299 e. The smallest absolute Gasteiger partial charge is 0.136 e. The molecule has 15 heavy (non-hydrogen) atoms. The SMILES string of the molecule is C[C@@H]1CCC(=O)[C@H]2CC[C@@H]3[C@@H]([C@@H]12)C3(C)C. The summed E-state index contributed by atoms with van der Waals surface area (Å²) in [6.45, 7) is 7.20. The maximum Gasteiger partial charge on any atom is 0.136 e. The van der Waals surface area contributed by atoms with Crippen LogP contribution < -0.4 is 0 Å². The number of ketones is 1. The van der Waals surface area contributed by atoms with E-state index in [0.717, 1.165) is 36.5 Å². The van der Waals surface area contributed by atoms with Crippen molar-refractivity contribution >= 4 is 5.78 Å². The van der Waals surface area contributed by atoms with Gasteiger partial charge in [0, 0.05) is 12.3 Å². The molecule has 0 radical (unpaired) electrons. The van der Waals surface area contributed by atoms with Crippen LogP contribution in [-0.2, 0) is 4.79 Å². The molecule has 3 fully saturated rings. The van der Waals surface area contributed by atoms with Crippen LogP contribution in [0, 0.1) is 35.0 Å². The van der Waals surface area contributed by atoms with Crippen molar-refractivity contribution in [2.24, 2.45) is 35.0 Å². The lowest BCUT2D eigenvalue weighted by atomic mass is 9.65. The zero-order chi connectivity index (χ0) is 10.8. The third kappa shape index (κ3) is 1.18. The van der Waals surface area contributed by atoms with Gasteiger partial charge in [0.2, 0.25) is 0 Å². The Morgan fingerprint density at radius 1 is 1.20 bits per heavy atom. The van der Waals surface area contributed by atoms with Gasteiger partial charge in [0.1, 0.15) is 5.78 Å². The number of carbonyl (C=O) groups is 1. The van der Waals surface area contributed by atoms with Gasteiger partial charge in [-0.2, -0.15) is 0 Å². The Kier molecular flexibility index (Phi) is 1.88. The first kappa shape index (κ1) is 9.86. The standard InChI is InChI=1S/C14H22O/c1-8-4-7-11(15)9-5-6-10-13(12(8)9)14(10,2)3/h8-10,12-13H,4-7H2,1-3H3/t8-,9-,10-,12+,13+/m1/s1. The molecule has 5 atom stereocenters. The summed E-state index contributed by atoms with van der Waals surface area (Å²) in [6.07, 6.45) is 4.52. The number of fused-ring (bicyclic) bond motifs is 3. The van der Waals surface area contributed by atoms with Crippen LogP contribution in [0.25, 0.3) is 0 Å². The first-order valence-corrected chi connectivity index (χ1v) is 6.56. The third-order valence-corrected chi connectivity index (χ3v) is 5.72. The summed E-state index contributed by atoms with van der Waals surface area (Å²) < 4.78 is 0. The van der Waals surface area contributed by atoms with E-state index in [-0.39, 0.29) is 0 Å². The number of hydrogen-bond acceptors (Lipinski definition) is 1. The fourth-order valence-corrected chi connectivity index (χ4v) is 4.78. The van der Waals surface area contributed by atoms with Gasteiger partial charge in [0.05, 0.1) is 0 Å². The second-order valence-electron chi connectivity index (χ2n) is 6.70. The minimum absolute atomic E-state index is 0.441. The second kappa shape index (κ2) is 2.87. The molecule has 1 nitrogen and oxygen atoms in total. The molecule has 0 aromatic rings. The van der Waals surface area contributed by atoms with Crippen LogP contribution in [0.2, 0.25) is 0 Å². The summed E-state index contributed by atoms with van der Waals surface area (Å²) in [6, 6.07) is 0. The average molecular weight is 206 g/mol. The molecule has 0 aromatic carbocycles. The van der Waals surface area contributed by atoms with E-state index >= 15 is 0 Å². The van der Waals surface area contributed by atoms with Gasteiger partial charge in [-0.05, 0) is 48.3 Å². The summed E-state index contributed by atoms with van der Waals surface area (Å²) in [4.78, 5) is 11.9. The van der Waals surface area contributed by atoms with E-state index in [0.29, 0.717) is 17.1 Å². The molecule has 0 unspecified atom stereocenters. The number of rotatable bonds is 0. The van der Waals surface area contributed by atoms with Crippen molar-refractivity contribution in [1.29, 1.82) is 0 Å². The summed E-state index contributed by atoms with van der Waals surface area (Å²) >= 11 is 0. The molecule has 3 aliphatic rings. The predicted molar refractivity (Wildman–Crippen MR) is 60.4 cm³/mol. The zero-order valence-electron chi connectivity index (χ0n) is 10.1. The highest BCUT2D eigenvalue weighted by atomic mass is 16.1. The van der Waals surface area contributed by atoms with E-state index in [1.54, 1.807) is 0 Å². The summed E-state index contributed by atoms with van der Waals surface area (Å²) in [7, 11) is 0. The van der Waals surface area contributed by atoms with Crippen LogP contribution in [0.15, 0.2) is 0 Å². The zero-order valence-corrected chi connectivity index (χ0v) is 10.1. The first-order valence-electron chi connectivity index (χ1n) is 6.56. The minimum atomic E-state index is 0.441. The molecular formula is C14H22O. The van der Waals surface area contributed by atoms with E-state index in [2.05, 4.69) is 20.8 Å². The molecule has 0 aromatic heterocycles. The van der Waals surface area contributed by atoms with E-state index in [4.69, 9.17) is 0 Å². The molecule has 3 saturated carbocycles. The average Bonchev–Trinajstić information content (AvgIpc) is 2.76. The highest BCUT2D eigenvalue weighted by Crippen LogP contribution is 2.70. The highest BCUT2D eigenvalue weighted by molar-refractivity contribution is 5.82. The molecule has 0 aliphatic heterocycles. The molecule has 0 heterocycles. The fourth-order valence-electron chi connectivity index (χ4n) is 4.78. The van der Waals surface area contributed by atoms with Crippen molar-refractivity contribution in [1.82, 2.24) is 0 Å². The van der Waals surface area contributed by atoms with E-state index < -0.39 is 0 Å². The molecule has 84 valence electrons. The second-order valence-corrected chi connectivity index (χ2v) is 6.70. The molecule has 3 rings (SSSR count). The molecule has 1 heteroatoms. The third-order valence-electron chi connectivity index (χ3n) is 5.72. The summed E-state index contributed by atoms with van der Waals surface area (Å²) in [5.41, 5.74) is 0.547. The quantitative estimate of drug-likeness (QED) is 0.594. The van der Waals surface area contributed by atoms with Crippen molar-refractivity contribution in [3.8, 4) is 0 Å². The number of carbonyl (C=O) groups excluding carboxylic acids is 1. The van der Waals surface area contributed by atoms with E-state index in [9.17, 15) is 4.79 Å². The van der Waals surface area contributed by atoms with Crippen molar-refractivity contribution < 1.29 is 4.79 Å². The van der Waals surface area contributed by atoms with Gasteiger partial charge < -0.3 is 0 Å². The summed E-state index contributed by atoms with van der Waals surface area (Å²) in [5, 5.41) is 0. The molecule has 0 amide bonds. The predicted octanol–water partition coefficient (Wildman–Crippen LogP) is 3.28. The monoisotopic (exact) mass is 206 g/mol. The van der Waals surface area contributed by atoms with Gasteiger partial charge in [-0.15, -0.1) is 0 Å². The van der Waals surface area contributed by atoms with Crippen LogP contribution in [-0.4, -0.2) is 5.78 Å². The van der Waals surface area contributed by atoms with Crippen LogP contribution >= 0.6 is 0 Å². The van der Waals surface area contributed by atoms with Gasteiger partial charge in [-0.1, -0.05) is 20.8 Å². The lowest BCUT2D eigenvalue weighted by Crippen LogP contribution is -2.38. The lowest BCUT2D eigenvalue weighted by molar-refractivity contribution is -0.130. The highest BCUT2D eigenvalue weighted by Gasteiger charge is 2.65. The van der Waals surface area contributed by atoms with Crippen molar-refractivity contribution in [3.05, 3.63) is 0 Å². The van der Waals surface area contributed by atoms with Crippen molar-refractivity contribution in [3.63, 3.8) is 0 Å². The fraction of sp³-hybridized carbons (Fsp3) is 0.929. The molecule has 3 aliphatic carbocycles. The number of hydrogen-bond donors (Lipinski definition) is 0.